The number of rotatable bonds is 4. The van der Waals surface area contributed by atoms with E-state index in [2.05, 4.69) is 5.32 Å². The van der Waals surface area contributed by atoms with E-state index in [1.807, 2.05) is 0 Å². The van der Waals surface area contributed by atoms with Gasteiger partial charge in [-0.05, 0) is 37.5 Å². The molecular formula is C16H23FN2O3S. The fourth-order valence-corrected chi connectivity index (χ4v) is 4.17. The Balaban J connectivity index is 2.18. The average molecular weight is 342 g/mol. The van der Waals surface area contributed by atoms with Crippen LogP contribution in [0.1, 0.15) is 32.3 Å². The number of hydrogen-bond acceptors (Lipinski definition) is 3. The molecule has 0 radical (unpaired) electrons. The van der Waals surface area contributed by atoms with Crippen LogP contribution >= 0.6 is 0 Å². The van der Waals surface area contributed by atoms with E-state index in [0.29, 0.717) is 18.5 Å². The van der Waals surface area contributed by atoms with Gasteiger partial charge in [0.1, 0.15) is 10.7 Å². The van der Waals surface area contributed by atoms with E-state index in [1.54, 1.807) is 26.8 Å². The summed E-state index contributed by atoms with van der Waals surface area (Å²) < 4.78 is 40.6. The molecule has 0 bridgehead atoms. The van der Waals surface area contributed by atoms with Crippen molar-refractivity contribution >= 4 is 15.9 Å². The molecule has 0 unspecified atom stereocenters. The van der Waals surface area contributed by atoms with Gasteiger partial charge in [-0.15, -0.1) is 0 Å². The highest BCUT2D eigenvalue weighted by atomic mass is 32.2. The first-order valence-corrected chi connectivity index (χ1v) is 9.22. The molecule has 1 aliphatic rings. The van der Waals surface area contributed by atoms with E-state index >= 15 is 0 Å². The second-order valence-electron chi connectivity index (χ2n) is 6.30. The fourth-order valence-electron chi connectivity index (χ4n) is 2.60. The quantitative estimate of drug-likeness (QED) is 0.911. The lowest BCUT2D eigenvalue weighted by Gasteiger charge is -2.32. The third-order valence-electron chi connectivity index (χ3n) is 3.96. The highest BCUT2D eigenvalue weighted by Crippen LogP contribution is 2.23. The Morgan fingerprint density at radius 1 is 1.39 bits per heavy atom. The van der Waals surface area contributed by atoms with Crippen molar-refractivity contribution < 1.29 is 17.6 Å². The van der Waals surface area contributed by atoms with Gasteiger partial charge in [-0.1, -0.05) is 19.9 Å². The molecule has 23 heavy (non-hydrogen) atoms. The minimum atomic E-state index is -3.89. The number of aryl methyl sites for hydroxylation is 1. The summed E-state index contributed by atoms with van der Waals surface area (Å²) in [6.07, 6.45) is 1.36. The van der Waals surface area contributed by atoms with Crippen LogP contribution in [0.25, 0.3) is 0 Å². The summed E-state index contributed by atoms with van der Waals surface area (Å²) in [4.78, 5) is 11.5. The van der Waals surface area contributed by atoms with Gasteiger partial charge in [-0.25, -0.2) is 12.8 Å². The predicted molar refractivity (Wildman–Crippen MR) is 85.9 cm³/mol. The Labute approximate surface area is 136 Å². The number of carbonyl (C=O) groups excluding carboxylic acids is 1. The van der Waals surface area contributed by atoms with Crippen LogP contribution in [0.15, 0.2) is 23.1 Å². The summed E-state index contributed by atoms with van der Waals surface area (Å²) >= 11 is 0. The van der Waals surface area contributed by atoms with E-state index < -0.39 is 15.8 Å². The SMILES string of the molecule is Cc1ccc(S(=O)(=O)N2CCC[C@@H](NC(=O)C(C)C)C2)c(F)c1. The number of sulfonamides is 1. The van der Waals surface area contributed by atoms with Gasteiger partial charge in [0, 0.05) is 25.0 Å². The molecule has 1 aromatic carbocycles. The lowest BCUT2D eigenvalue weighted by molar-refractivity contribution is -0.124. The monoisotopic (exact) mass is 342 g/mol. The molecule has 1 aliphatic heterocycles. The third-order valence-corrected chi connectivity index (χ3v) is 5.86. The molecule has 128 valence electrons. The largest absolute Gasteiger partial charge is 0.352 e. The first kappa shape index (κ1) is 17.9. The summed E-state index contributed by atoms with van der Waals surface area (Å²) in [5, 5.41) is 2.86. The van der Waals surface area contributed by atoms with E-state index in [9.17, 15) is 17.6 Å². The van der Waals surface area contributed by atoms with Gasteiger partial charge in [0.05, 0.1) is 0 Å². The molecule has 0 spiro atoms. The van der Waals surface area contributed by atoms with Gasteiger partial charge in [0.25, 0.3) is 0 Å². The summed E-state index contributed by atoms with van der Waals surface area (Å²) in [6, 6.07) is 3.87. The summed E-state index contributed by atoms with van der Waals surface area (Å²) in [6.45, 7) is 5.79. The normalized spacial score (nSPS) is 19.8. The van der Waals surface area contributed by atoms with Gasteiger partial charge in [0.2, 0.25) is 15.9 Å². The molecule has 1 atom stereocenters. The maximum absolute atomic E-state index is 14.0. The lowest BCUT2D eigenvalue weighted by Crippen LogP contribution is -2.50. The number of amides is 1. The molecule has 7 heteroatoms. The number of carbonyl (C=O) groups is 1. The number of halogens is 1. The Kier molecular flexibility index (Phi) is 5.41. The zero-order chi connectivity index (χ0) is 17.2. The van der Waals surface area contributed by atoms with Crippen molar-refractivity contribution in [2.45, 2.75) is 44.6 Å². The van der Waals surface area contributed by atoms with Crippen LogP contribution in [0.4, 0.5) is 4.39 Å². The Morgan fingerprint density at radius 3 is 2.70 bits per heavy atom. The standard InChI is InChI=1S/C16H23FN2O3S/c1-11(2)16(20)18-13-5-4-8-19(10-13)23(21,22)15-7-6-12(3)9-14(15)17/h6-7,9,11,13H,4-5,8,10H2,1-3H3,(H,18,20)/t13-/m1/s1. The molecule has 0 aliphatic carbocycles. The van der Waals surface area contributed by atoms with Crippen LogP contribution in [0.5, 0.6) is 0 Å². The minimum Gasteiger partial charge on any atom is -0.352 e. The molecule has 0 aromatic heterocycles. The number of piperidine rings is 1. The highest BCUT2D eigenvalue weighted by Gasteiger charge is 2.32. The van der Waals surface area contributed by atoms with Gasteiger partial charge >= 0.3 is 0 Å². The molecule has 1 fully saturated rings. The molecular weight excluding hydrogens is 319 g/mol. The first-order chi connectivity index (χ1) is 10.7. The molecule has 1 aromatic rings. The molecule has 5 nitrogen and oxygen atoms in total. The van der Waals surface area contributed by atoms with E-state index in [-0.39, 0.29) is 29.3 Å². The number of hydrogen-bond donors (Lipinski definition) is 1. The van der Waals surface area contributed by atoms with Crippen molar-refractivity contribution in [1.29, 1.82) is 0 Å². The Morgan fingerprint density at radius 2 is 2.09 bits per heavy atom. The number of nitrogens with zero attached hydrogens (tertiary/aromatic N) is 1. The molecule has 2 rings (SSSR count). The topological polar surface area (TPSA) is 66.5 Å². The van der Waals surface area contributed by atoms with Crippen LogP contribution in [-0.4, -0.2) is 37.8 Å². The third kappa shape index (κ3) is 4.09. The van der Waals surface area contributed by atoms with Crippen molar-refractivity contribution in [3.63, 3.8) is 0 Å². The van der Waals surface area contributed by atoms with Crippen LogP contribution < -0.4 is 5.32 Å². The summed E-state index contributed by atoms with van der Waals surface area (Å²) in [5.41, 5.74) is 0.669. The zero-order valence-electron chi connectivity index (χ0n) is 13.7. The Hall–Kier alpha value is -1.47. The average Bonchev–Trinajstić information content (AvgIpc) is 2.47. The maximum atomic E-state index is 14.0. The van der Waals surface area contributed by atoms with Crippen LogP contribution in [0, 0.1) is 18.7 Å². The van der Waals surface area contributed by atoms with Crippen molar-refractivity contribution in [3.8, 4) is 0 Å². The maximum Gasteiger partial charge on any atom is 0.246 e. The smallest absolute Gasteiger partial charge is 0.246 e. The van der Waals surface area contributed by atoms with Gasteiger partial charge < -0.3 is 5.32 Å². The van der Waals surface area contributed by atoms with Crippen molar-refractivity contribution in [1.82, 2.24) is 9.62 Å². The predicted octanol–water partition coefficient (Wildman–Crippen LogP) is 2.06. The van der Waals surface area contributed by atoms with Crippen molar-refractivity contribution in [2.24, 2.45) is 5.92 Å². The van der Waals surface area contributed by atoms with Gasteiger partial charge in [0.15, 0.2) is 0 Å². The summed E-state index contributed by atoms with van der Waals surface area (Å²) in [5.74, 6) is -0.995. The van der Waals surface area contributed by atoms with E-state index in [1.165, 1.54) is 16.4 Å². The molecule has 1 amide bonds. The molecule has 1 heterocycles. The van der Waals surface area contributed by atoms with Crippen LogP contribution in [0.3, 0.4) is 0 Å². The molecule has 0 saturated carbocycles. The second kappa shape index (κ2) is 6.97. The first-order valence-electron chi connectivity index (χ1n) is 7.78. The lowest BCUT2D eigenvalue weighted by atomic mass is 10.1. The van der Waals surface area contributed by atoms with Crippen molar-refractivity contribution in [2.75, 3.05) is 13.1 Å². The Bertz CT molecular complexity index is 689. The fraction of sp³-hybridized carbons (Fsp3) is 0.562. The zero-order valence-corrected chi connectivity index (χ0v) is 14.5. The molecule has 1 saturated heterocycles. The van der Waals surface area contributed by atoms with Crippen LogP contribution in [0.2, 0.25) is 0 Å². The number of nitrogens with one attached hydrogen (secondary N) is 1. The highest BCUT2D eigenvalue weighted by molar-refractivity contribution is 7.89. The molecule has 1 N–H and O–H groups in total. The second-order valence-corrected chi connectivity index (χ2v) is 8.21. The van der Waals surface area contributed by atoms with Gasteiger partial charge in [-0.2, -0.15) is 4.31 Å². The van der Waals surface area contributed by atoms with Gasteiger partial charge in [-0.3, -0.25) is 4.79 Å². The van der Waals surface area contributed by atoms with Crippen molar-refractivity contribution in [3.05, 3.63) is 29.6 Å². The van der Waals surface area contributed by atoms with E-state index in [4.69, 9.17) is 0 Å². The number of benzene rings is 1. The minimum absolute atomic E-state index is 0.101. The van der Waals surface area contributed by atoms with Crippen LogP contribution in [-0.2, 0) is 14.8 Å². The summed E-state index contributed by atoms with van der Waals surface area (Å²) in [7, 11) is -3.89. The van der Waals surface area contributed by atoms with E-state index in [0.717, 1.165) is 6.42 Å².